The first-order valence-electron chi connectivity index (χ1n) is 13.9. The third-order valence-corrected chi connectivity index (χ3v) is 6.18. The van der Waals surface area contributed by atoms with E-state index >= 15 is 0 Å². The van der Waals surface area contributed by atoms with Gasteiger partial charge in [-0.2, -0.15) is 5.10 Å². The topological polar surface area (TPSA) is 75.9 Å². The Morgan fingerprint density at radius 3 is 2.00 bits per heavy atom. The van der Waals surface area contributed by atoms with Gasteiger partial charge >= 0.3 is 0 Å². The van der Waals surface area contributed by atoms with Crippen molar-refractivity contribution in [1.29, 1.82) is 0 Å². The number of hydrogen-bond donors (Lipinski definition) is 1. The lowest BCUT2D eigenvalue weighted by molar-refractivity contribution is -0.128. The number of amides is 1. The quantitative estimate of drug-likeness (QED) is 0.353. The number of halogens is 3. The third-order valence-electron chi connectivity index (χ3n) is 6.18. The summed E-state index contributed by atoms with van der Waals surface area (Å²) in [6.07, 6.45) is 12.9. The molecule has 1 aliphatic carbocycles. The van der Waals surface area contributed by atoms with Gasteiger partial charge in [-0.1, -0.05) is 33.1 Å². The average molecular weight is 565 g/mol. The third kappa shape index (κ3) is 12.1. The van der Waals surface area contributed by atoms with E-state index in [0.29, 0.717) is 30.3 Å². The zero-order valence-corrected chi connectivity index (χ0v) is 24.0. The molecule has 2 aliphatic rings. The highest BCUT2D eigenvalue weighted by Crippen LogP contribution is 2.27. The maximum Gasteiger partial charge on any atom is 0.293 e. The van der Waals surface area contributed by atoms with Crippen LogP contribution in [-0.4, -0.2) is 48.2 Å². The molecule has 1 N–H and O–H groups in total. The standard InChI is InChI=1S/C12H14FN3.C7H13NO.C6H4F2.C3H6O2.C2H6/c1-9-8-14-16-7-4-10(11(13)12(9)16)15-5-2-3-6-15;9-6-8-7-4-2-1-3-5-7;7-5-1-2-6(8)4-3-5;1-2-5-3-4;1-2/h4,7-8H,2-3,5-6H2,1H3;6-7H,1-5H2,(H,8,9);1-4H;3H,2H2,1H3;1-2H3. The van der Waals surface area contributed by atoms with Gasteiger partial charge in [0.1, 0.15) is 17.2 Å². The highest BCUT2D eigenvalue weighted by molar-refractivity contribution is 5.64. The van der Waals surface area contributed by atoms with Crippen LogP contribution in [0, 0.1) is 24.4 Å². The number of carbonyl (C=O) groups is 2. The van der Waals surface area contributed by atoms with Crippen LogP contribution in [0.15, 0.2) is 42.7 Å². The second kappa shape index (κ2) is 20.4. The summed E-state index contributed by atoms with van der Waals surface area (Å²) in [6.45, 7) is 10.5. The first kappa shape index (κ1) is 34.5. The number of carbonyl (C=O) groups excluding carboxylic acids is 2. The van der Waals surface area contributed by atoms with E-state index in [2.05, 4.69) is 20.1 Å². The second-order valence-electron chi connectivity index (χ2n) is 8.94. The average Bonchev–Trinajstić information content (AvgIpc) is 3.65. The highest BCUT2D eigenvalue weighted by atomic mass is 19.1. The number of nitrogens with one attached hydrogen (secondary N) is 1. The van der Waals surface area contributed by atoms with Gasteiger partial charge in [0, 0.05) is 25.3 Å². The fraction of sp³-hybridized carbons (Fsp3) is 0.500. The molecule has 2 fully saturated rings. The van der Waals surface area contributed by atoms with Gasteiger partial charge in [0.05, 0.1) is 18.5 Å². The molecule has 0 bridgehead atoms. The minimum atomic E-state index is -0.411. The lowest BCUT2D eigenvalue weighted by Gasteiger charge is -2.19. The van der Waals surface area contributed by atoms with Crippen LogP contribution in [0.25, 0.3) is 5.52 Å². The van der Waals surface area contributed by atoms with Crippen molar-refractivity contribution in [2.45, 2.75) is 78.7 Å². The van der Waals surface area contributed by atoms with Crippen molar-refractivity contribution in [2.24, 2.45) is 0 Å². The minimum Gasteiger partial charge on any atom is -0.468 e. The number of nitrogens with zero attached hydrogens (tertiary/aromatic N) is 3. The van der Waals surface area contributed by atoms with Crippen LogP contribution >= 0.6 is 0 Å². The van der Waals surface area contributed by atoms with Crippen LogP contribution in [0.5, 0.6) is 0 Å². The van der Waals surface area contributed by atoms with E-state index in [9.17, 15) is 22.8 Å². The number of hydrogen-bond acceptors (Lipinski definition) is 5. The van der Waals surface area contributed by atoms with Crippen LogP contribution in [0.4, 0.5) is 18.9 Å². The highest BCUT2D eigenvalue weighted by Gasteiger charge is 2.19. The molecule has 1 aromatic carbocycles. The lowest BCUT2D eigenvalue weighted by Crippen LogP contribution is -2.29. The van der Waals surface area contributed by atoms with Gasteiger partial charge in [0.2, 0.25) is 6.41 Å². The van der Waals surface area contributed by atoms with Crippen LogP contribution in [0.2, 0.25) is 0 Å². The first-order valence-corrected chi connectivity index (χ1v) is 13.9. The molecule has 2 aromatic heterocycles. The zero-order valence-electron chi connectivity index (χ0n) is 24.0. The number of aryl methyl sites for hydroxylation is 1. The van der Waals surface area contributed by atoms with Crippen LogP contribution in [0.1, 0.15) is 71.3 Å². The summed E-state index contributed by atoms with van der Waals surface area (Å²) < 4.78 is 43.9. The van der Waals surface area contributed by atoms with Crippen LogP contribution in [-0.2, 0) is 14.3 Å². The Hall–Kier alpha value is -3.56. The largest absolute Gasteiger partial charge is 0.468 e. The molecule has 1 amide bonds. The zero-order chi connectivity index (χ0) is 29.8. The fourth-order valence-corrected chi connectivity index (χ4v) is 4.24. The van der Waals surface area contributed by atoms with Crippen LogP contribution in [0.3, 0.4) is 0 Å². The minimum absolute atomic E-state index is 0.139. The fourth-order valence-electron chi connectivity index (χ4n) is 4.24. The molecule has 0 spiro atoms. The van der Waals surface area contributed by atoms with Gasteiger partial charge in [0.15, 0.2) is 5.82 Å². The van der Waals surface area contributed by atoms with Crippen molar-refractivity contribution >= 4 is 24.1 Å². The Labute approximate surface area is 235 Å². The molecule has 1 saturated heterocycles. The van der Waals surface area contributed by atoms with Gasteiger partial charge in [-0.3, -0.25) is 9.59 Å². The number of ether oxygens (including phenoxy) is 1. The van der Waals surface area contributed by atoms with Crippen molar-refractivity contribution in [3.8, 4) is 0 Å². The molecule has 0 radical (unpaired) electrons. The number of rotatable bonds is 5. The van der Waals surface area contributed by atoms with Gasteiger partial charge in [-0.05, 0) is 75.4 Å². The van der Waals surface area contributed by atoms with E-state index in [1.807, 2.05) is 33.0 Å². The van der Waals surface area contributed by atoms with Gasteiger partial charge in [-0.25, -0.2) is 17.7 Å². The second-order valence-corrected chi connectivity index (χ2v) is 8.94. The molecule has 10 heteroatoms. The molecule has 1 saturated carbocycles. The number of benzene rings is 1. The summed E-state index contributed by atoms with van der Waals surface area (Å²) >= 11 is 0. The maximum absolute atomic E-state index is 14.3. The first-order chi connectivity index (χ1) is 19.4. The van der Waals surface area contributed by atoms with Crippen LogP contribution < -0.4 is 10.2 Å². The van der Waals surface area contributed by atoms with E-state index < -0.39 is 11.6 Å². The molecule has 40 heavy (non-hydrogen) atoms. The lowest BCUT2D eigenvalue weighted by atomic mass is 9.96. The molecule has 7 nitrogen and oxygen atoms in total. The maximum atomic E-state index is 14.3. The summed E-state index contributed by atoms with van der Waals surface area (Å²) in [7, 11) is 0. The van der Waals surface area contributed by atoms with Crippen molar-refractivity contribution in [3.63, 3.8) is 0 Å². The molecule has 3 heterocycles. The molecule has 222 valence electrons. The van der Waals surface area contributed by atoms with Gasteiger partial charge < -0.3 is 15.0 Å². The predicted octanol–water partition coefficient (Wildman–Crippen LogP) is 6.62. The molecule has 0 atom stereocenters. The molecule has 1 aliphatic heterocycles. The van der Waals surface area contributed by atoms with Crippen molar-refractivity contribution in [1.82, 2.24) is 14.9 Å². The smallest absolute Gasteiger partial charge is 0.293 e. The summed E-state index contributed by atoms with van der Waals surface area (Å²) in [5, 5.41) is 6.91. The normalized spacial score (nSPS) is 14.1. The van der Waals surface area contributed by atoms with Gasteiger partial charge in [0.25, 0.3) is 6.47 Å². The number of anilines is 1. The van der Waals surface area contributed by atoms with E-state index in [1.54, 1.807) is 17.6 Å². The van der Waals surface area contributed by atoms with E-state index in [0.717, 1.165) is 62.2 Å². The Morgan fingerprint density at radius 2 is 1.52 bits per heavy atom. The Morgan fingerprint density at radius 1 is 0.950 bits per heavy atom. The van der Waals surface area contributed by atoms with Gasteiger partial charge in [-0.15, -0.1) is 0 Å². The monoisotopic (exact) mass is 564 g/mol. The van der Waals surface area contributed by atoms with Crippen molar-refractivity contribution in [2.75, 3.05) is 24.6 Å². The van der Waals surface area contributed by atoms with E-state index in [1.165, 1.54) is 32.1 Å². The summed E-state index contributed by atoms with van der Waals surface area (Å²) in [4.78, 5) is 21.3. The Balaban J connectivity index is 0.000000286. The molecule has 3 aromatic rings. The summed E-state index contributed by atoms with van der Waals surface area (Å²) in [5.41, 5.74) is 2.21. The Kier molecular flexibility index (Phi) is 17.5. The number of pyridine rings is 1. The SMILES string of the molecule is CC.CCOC=O.Cc1cnn2ccc(N3CCCC3)c(F)c12.Fc1ccc(F)cc1.O=CNC1CCCCC1. The Bertz CT molecular complexity index is 1080. The molecular formula is C30H43F3N4O3. The summed E-state index contributed by atoms with van der Waals surface area (Å²) in [6, 6.07) is 6.62. The number of aromatic nitrogens is 2. The number of fused-ring (bicyclic) bond motifs is 1. The van der Waals surface area contributed by atoms with E-state index in [-0.39, 0.29) is 5.82 Å². The van der Waals surface area contributed by atoms with E-state index in [4.69, 9.17) is 0 Å². The van der Waals surface area contributed by atoms with Crippen molar-refractivity contribution in [3.05, 3.63) is 65.7 Å². The molecule has 0 unspecified atom stereocenters. The van der Waals surface area contributed by atoms with Crippen molar-refractivity contribution < 1.29 is 27.5 Å². The molecular weight excluding hydrogens is 521 g/mol. The predicted molar refractivity (Wildman–Crippen MR) is 153 cm³/mol. The summed E-state index contributed by atoms with van der Waals surface area (Å²) in [5.74, 6) is -0.961. The molecule has 5 rings (SSSR count).